The minimum Gasteiger partial charge on any atom is -0.356 e. The SMILES string of the molecule is CCCC1CCN(c2cc(CN)cc(CC)n2)C1. The predicted molar refractivity (Wildman–Crippen MR) is 76.7 cm³/mol. The number of nitrogens with two attached hydrogens (primary N) is 1. The lowest BCUT2D eigenvalue weighted by atomic mass is 10.0. The topological polar surface area (TPSA) is 42.1 Å². The second-order valence-corrected chi connectivity index (χ2v) is 5.27. The van der Waals surface area contributed by atoms with Gasteiger partial charge in [-0.05, 0) is 42.9 Å². The lowest BCUT2D eigenvalue weighted by Crippen LogP contribution is -2.21. The molecular weight excluding hydrogens is 222 g/mol. The third-order valence-corrected chi connectivity index (χ3v) is 3.83. The molecule has 1 atom stereocenters. The summed E-state index contributed by atoms with van der Waals surface area (Å²) in [5, 5.41) is 0. The molecule has 0 aromatic carbocycles. The molecule has 0 bridgehead atoms. The van der Waals surface area contributed by atoms with Gasteiger partial charge in [0.2, 0.25) is 0 Å². The predicted octanol–water partition coefficient (Wildman–Crippen LogP) is 2.73. The Labute approximate surface area is 110 Å². The fraction of sp³-hybridized carbons (Fsp3) is 0.667. The zero-order valence-corrected chi connectivity index (χ0v) is 11.7. The Morgan fingerprint density at radius 1 is 1.39 bits per heavy atom. The summed E-state index contributed by atoms with van der Waals surface area (Å²) in [5.74, 6) is 1.98. The van der Waals surface area contributed by atoms with Crippen molar-refractivity contribution in [1.82, 2.24) is 4.98 Å². The molecule has 0 radical (unpaired) electrons. The van der Waals surface area contributed by atoms with Crippen molar-refractivity contribution in [1.29, 1.82) is 0 Å². The lowest BCUT2D eigenvalue weighted by molar-refractivity contribution is 0.529. The van der Waals surface area contributed by atoms with Crippen LogP contribution < -0.4 is 10.6 Å². The zero-order chi connectivity index (χ0) is 13.0. The second kappa shape index (κ2) is 6.19. The summed E-state index contributed by atoms with van der Waals surface area (Å²) in [6, 6.07) is 4.29. The molecule has 2 heterocycles. The molecule has 0 aliphatic carbocycles. The van der Waals surface area contributed by atoms with Gasteiger partial charge in [-0.1, -0.05) is 20.3 Å². The fourth-order valence-corrected chi connectivity index (χ4v) is 2.78. The highest BCUT2D eigenvalue weighted by Gasteiger charge is 2.23. The van der Waals surface area contributed by atoms with Gasteiger partial charge in [0.15, 0.2) is 0 Å². The van der Waals surface area contributed by atoms with Gasteiger partial charge in [0.05, 0.1) is 0 Å². The molecule has 1 saturated heterocycles. The van der Waals surface area contributed by atoms with Crippen LogP contribution in [0.3, 0.4) is 0 Å². The van der Waals surface area contributed by atoms with Crippen LogP contribution in [0.1, 0.15) is 44.4 Å². The van der Waals surface area contributed by atoms with E-state index in [4.69, 9.17) is 10.7 Å². The van der Waals surface area contributed by atoms with Crippen LogP contribution in [0, 0.1) is 5.92 Å². The van der Waals surface area contributed by atoms with E-state index in [-0.39, 0.29) is 0 Å². The minimum atomic E-state index is 0.606. The number of hydrogen-bond acceptors (Lipinski definition) is 3. The standard InChI is InChI=1S/C15H25N3/c1-3-5-12-6-7-18(11-12)15-9-13(10-16)8-14(4-2)17-15/h8-9,12H,3-7,10-11,16H2,1-2H3. The third kappa shape index (κ3) is 3.02. The van der Waals surface area contributed by atoms with Gasteiger partial charge < -0.3 is 10.6 Å². The maximum Gasteiger partial charge on any atom is 0.129 e. The molecule has 0 amide bonds. The number of aromatic nitrogens is 1. The lowest BCUT2D eigenvalue weighted by Gasteiger charge is -2.19. The highest BCUT2D eigenvalue weighted by Crippen LogP contribution is 2.26. The zero-order valence-electron chi connectivity index (χ0n) is 11.7. The molecule has 1 aromatic rings. The molecule has 3 nitrogen and oxygen atoms in total. The molecule has 2 N–H and O–H groups in total. The van der Waals surface area contributed by atoms with Crippen LogP contribution in [-0.2, 0) is 13.0 Å². The van der Waals surface area contributed by atoms with Crippen LogP contribution in [0.2, 0.25) is 0 Å². The maximum atomic E-state index is 5.77. The van der Waals surface area contributed by atoms with Crippen molar-refractivity contribution in [2.45, 2.75) is 46.1 Å². The summed E-state index contributed by atoms with van der Waals surface area (Å²) in [5.41, 5.74) is 8.13. The van der Waals surface area contributed by atoms with E-state index in [2.05, 4.69) is 30.9 Å². The second-order valence-electron chi connectivity index (χ2n) is 5.27. The van der Waals surface area contributed by atoms with Gasteiger partial charge in [0, 0.05) is 25.3 Å². The summed E-state index contributed by atoms with van der Waals surface area (Å²) < 4.78 is 0. The van der Waals surface area contributed by atoms with Gasteiger partial charge in [0.25, 0.3) is 0 Å². The summed E-state index contributed by atoms with van der Waals surface area (Å²) in [4.78, 5) is 7.18. The number of pyridine rings is 1. The largest absolute Gasteiger partial charge is 0.356 e. The summed E-state index contributed by atoms with van der Waals surface area (Å²) in [6.07, 6.45) is 4.92. The number of hydrogen-bond donors (Lipinski definition) is 1. The van der Waals surface area contributed by atoms with E-state index in [0.717, 1.165) is 36.9 Å². The Kier molecular flexibility index (Phi) is 4.59. The van der Waals surface area contributed by atoms with Crippen molar-refractivity contribution in [3.8, 4) is 0 Å². The van der Waals surface area contributed by atoms with Crippen molar-refractivity contribution >= 4 is 5.82 Å². The van der Waals surface area contributed by atoms with Gasteiger partial charge in [-0.15, -0.1) is 0 Å². The normalized spacial score (nSPS) is 19.5. The average Bonchev–Trinajstić information content (AvgIpc) is 2.87. The van der Waals surface area contributed by atoms with Gasteiger partial charge >= 0.3 is 0 Å². The van der Waals surface area contributed by atoms with E-state index in [1.807, 2.05) is 0 Å². The Hall–Kier alpha value is -1.09. The van der Waals surface area contributed by atoms with Gasteiger partial charge in [-0.3, -0.25) is 0 Å². The minimum absolute atomic E-state index is 0.606. The molecule has 0 saturated carbocycles. The molecule has 1 fully saturated rings. The first-order valence-electron chi connectivity index (χ1n) is 7.21. The third-order valence-electron chi connectivity index (χ3n) is 3.83. The molecule has 18 heavy (non-hydrogen) atoms. The van der Waals surface area contributed by atoms with Crippen LogP contribution in [0.4, 0.5) is 5.82 Å². The molecular formula is C15H25N3. The van der Waals surface area contributed by atoms with E-state index < -0.39 is 0 Å². The van der Waals surface area contributed by atoms with E-state index in [1.54, 1.807) is 0 Å². The first kappa shape index (κ1) is 13.3. The van der Waals surface area contributed by atoms with E-state index in [9.17, 15) is 0 Å². The summed E-state index contributed by atoms with van der Waals surface area (Å²) in [6.45, 7) is 7.34. The maximum absolute atomic E-state index is 5.77. The quantitative estimate of drug-likeness (QED) is 0.870. The molecule has 1 unspecified atom stereocenters. The molecule has 1 aliphatic rings. The van der Waals surface area contributed by atoms with Crippen molar-refractivity contribution < 1.29 is 0 Å². The van der Waals surface area contributed by atoms with E-state index in [1.165, 1.54) is 24.8 Å². The molecule has 0 spiro atoms. The Balaban J connectivity index is 2.13. The van der Waals surface area contributed by atoms with E-state index >= 15 is 0 Å². The van der Waals surface area contributed by atoms with Gasteiger partial charge in [-0.25, -0.2) is 4.98 Å². The number of aryl methyl sites for hydroxylation is 1. The van der Waals surface area contributed by atoms with Gasteiger partial charge in [0.1, 0.15) is 5.82 Å². The molecule has 1 aliphatic heterocycles. The van der Waals surface area contributed by atoms with Crippen LogP contribution in [0.25, 0.3) is 0 Å². The Bertz CT molecular complexity index is 367. The number of rotatable bonds is 5. The molecule has 1 aromatic heterocycles. The Morgan fingerprint density at radius 2 is 2.22 bits per heavy atom. The summed E-state index contributed by atoms with van der Waals surface area (Å²) in [7, 11) is 0. The smallest absolute Gasteiger partial charge is 0.129 e. The van der Waals surface area contributed by atoms with Crippen LogP contribution >= 0.6 is 0 Å². The Morgan fingerprint density at radius 3 is 2.89 bits per heavy atom. The first-order chi connectivity index (χ1) is 8.76. The van der Waals surface area contributed by atoms with Crippen LogP contribution in [0.15, 0.2) is 12.1 Å². The monoisotopic (exact) mass is 247 g/mol. The molecule has 2 rings (SSSR count). The number of nitrogens with zero attached hydrogens (tertiary/aromatic N) is 2. The number of anilines is 1. The van der Waals surface area contributed by atoms with Crippen molar-refractivity contribution in [3.63, 3.8) is 0 Å². The molecule has 100 valence electrons. The van der Waals surface area contributed by atoms with Crippen LogP contribution in [-0.4, -0.2) is 18.1 Å². The van der Waals surface area contributed by atoms with Crippen molar-refractivity contribution in [3.05, 3.63) is 23.4 Å². The van der Waals surface area contributed by atoms with E-state index in [0.29, 0.717) is 6.54 Å². The van der Waals surface area contributed by atoms with Crippen molar-refractivity contribution in [2.24, 2.45) is 11.7 Å². The first-order valence-corrected chi connectivity index (χ1v) is 7.21. The molecule has 3 heteroatoms. The van der Waals surface area contributed by atoms with Crippen LogP contribution in [0.5, 0.6) is 0 Å². The van der Waals surface area contributed by atoms with Crippen molar-refractivity contribution in [2.75, 3.05) is 18.0 Å². The summed E-state index contributed by atoms with van der Waals surface area (Å²) >= 11 is 0. The highest BCUT2D eigenvalue weighted by atomic mass is 15.2. The average molecular weight is 247 g/mol. The fourth-order valence-electron chi connectivity index (χ4n) is 2.78. The highest BCUT2D eigenvalue weighted by molar-refractivity contribution is 5.44. The van der Waals surface area contributed by atoms with Gasteiger partial charge in [-0.2, -0.15) is 0 Å².